The molecule has 1 N–H and O–H groups in total. The Kier molecular flexibility index (Phi) is 6.12. The smallest absolute Gasteiger partial charge is 0.255 e. The number of amides is 1. The Labute approximate surface area is 157 Å². The van der Waals surface area contributed by atoms with E-state index in [0.29, 0.717) is 21.9 Å². The standard InChI is InChI=1S/C20H22ClFN2O2/c1-26-18-10-3-2-7-14(18)20(25)23-13-17(24-11-4-5-12-24)19-15(21)8-6-9-16(19)22/h2-3,6-10,17H,4-5,11-13H2,1H3,(H,23,25). The van der Waals surface area contributed by atoms with Crippen LogP contribution in [0, 0.1) is 5.82 Å². The number of para-hydroxylation sites is 1. The molecule has 1 fully saturated rings. The van der Waals surface area contributed by atoms with Crippen molar-refractivity contribution >= 4 is 17.5 Å². The lowest BCUT2D eigenvalue weighted by atomic mass is 10.0. The first kappa shape index (κ1) is 18.7. The minimum atomic E-state index is -0.346. The fraction of sp³-hybridized carbons (Fsp3) is 0.350. The van der Waals surface area contributed by atoms with Crippen molar-refractivity contribution in [2.24, 2.45) is 0 Å². The zero-order chi connectivity index (χ0) is 18.5. The van der Waals surface area contributed by atoms with E-state index in [4.69, 9.17) is 16.3 Å². The van der Waals surface area contributed by atoms with Gasteiger partial charge in [0.15, 0.2) is 0 Å². The molecule has 2 aromatic rings. The van der Waals surface area contributed by atoms with Crippen molar-refractivity contribution in [2.75, 3.05) is 26.7 Å². The van der Waals surface area contributed by atoms with E-state index in [-0.39, 0.29) is 24.3 Å². The van der Waals surface area contributed by atoms with Crippen molar-refractivity contribution < 1.29 is 13.9 Å². The molecular weight excluding hydrogens is 355 g/mol. The van der Waals surface area contributed by atoms with E-state index in [2.05, 4.69) is 10.2 Å². The van der Waals surface area contributed by atoms with Gasteiger partial charge in [0.2, 0.25) is 0 Å². The second-order valence-electron chi connectivity index (χ2n) is 6.30. The second kappa shape index (κ2) is 8.52. The SMILES string of the molecule is COc1ccccc1C(=O)NCC(c1c(F)cccc1Cl)N1CCCC1. The molecule has 3 rings (SSSR count). The normalized spacial score (nSPS) is 15.7. The first-order chi connectivity index (χ1) is 12.6. The molecule has 0 radical (unpaired) electrons. The first-order valence-electron chi connectivity index (χ1n) is 8.71. The number of nitrogens with zero attached hydrogens (tertiary/aromatic N) is 1. The predicted octanol–water partition coefficient (Wildman–Crippen LogP) is 4.05. The maximum absolute atomic E-state index is 14.5. The Bertz CT molecular complexity index is 758. The number of carbonyl (C=O) groups is 1. The van der Waals surface area contributed by atoms with Crippen LogP contribution in [-0.2, 0) is 0 Å². The largest absolute Gasteiger partial charge is 0.496 e. The highest BCUT2D eigenvalue weighted by Gasteiger charge is 2.28. The van der Waals surface area contributed by atoms with Crippen molar-refractivity contribution in [1.29, 1.82) is 0 Å². The molecular formula is C20H22ClFN2O2. The molecule has 26 heavy (non-hydrogen) atoms. The van der Waals surface area contributed by atoms with Crippen LogP contribution in [0.1, 0.15) is 34.8 Å². The molecule has 0 spiro atoms. The summed E-state index contributed by atoms with van der Waals surface area (Å²) in [5.41, 5.74) is 0.895. The van der Waals surface area contributed by atoms with Gasteiger partial charge in [-0.15, -0.1) is 0 Å². The molecule has 1 aliphatic rings. The molecule has 0 aromatic heterocycles. The van der Waals surface area contributed by atoms with Crippen molar-refractivity contribution in [3.05, 3.63) is 64.4 Å². The van der Waals surface area contributed by atoms with Gasteiger partial charge in [0, 0.05) is 17.1 Å². The molecule has 4 nitrogen and oxygen atoms in total. The highest BCUT2D eigenvalue weighted by atomic mass is 35.5. The van der Waals surface area contributed by atoms with Crippen LogP contribution in [0.15, 0.2) is 42.5 Å². The van der Waals surface area contributed by atoms with Crippen LogP contribution < -0.4 is 10.1 Å². The van der Waals surface area contributed by atoms with Crippen LogP contribution in [-0.4, -0.2) is 37.6 Å². The minimum absolute atomic E-state index is 0.251. The van der Waals surface area contributed by atoms with E-state index in [9.17, 15) is 9.18 Å². The average Bonchev–Trinajstić information content (AvgIpc) is 3.18. The Hall–Kier alpha value is -2.11. The topological polar surface area (TPSA) is 41.6 Å². The third kappa shape index (κ3) is 4.00. The summed E-state index contributed by atoms with van der Waals surface area (Å²) in [5.74, 6) is -0.0910. The molecule has 1 saturated heterocycles. The summed E-state index contributed by atoms with van der Waals surface area (Å²) in [5, 5.41) is 3.30. The zero-order valence-corrected chi connectivity index (χ0v) is 15.4. The van der Waals surface area contributed by atoms with Gasteiger partial charge in [0.25, 0.3) is 5.91 Å². The molecule has 1 atom stereocenters. The van der Waals surface area contributed by atoms with Crippen molar-refractivity contribution in [3.63, 3.8) is 0 Å². The number of rotatable bonds is 6. The number of hydrogen-bond donors (Lipinski definition) is 1. The van der Waals surface area contributed by atoms with Gasteiger partial charge < -0.3 is 10.1 Å². The van der Waals surface area contributed by atoms with E-state index in [0.717, 1.165) is 25.9 Å². The second-order valence-corrected chi connectivity index (χ2v) is 6.71. The van der Waals surface area contributed by atoms with Crippen molar-refractivity contribution in [1.82, 2.24) is 10.2 Å². The molecule has 1 aliphatic heterocycles. The predicted molar refractivity (Wildman–Crippen MR) is 100 cm³/mol. The molecule has 2 aromatic carbocycles. The Balaban J connectivity index is 1.81. The van der Waals surface area contributed by atoms with Gasteiger partial charge in [-0.2, -0.15) is 0 Å². The molecule has 138 valence electrons. The molecule has 0 aliphatic carbocycles. The van der Waals surface area contributed by atoms with Gasteiger partial charge in [-0.05, 0) is 50.2 Å². The van der Waals surface area contributed by atoms with E-state index < -0.39 is 0 Å². The molecule has 0 saturated carbocycles. The molecule has 1 amide bonds. The number of ether oxygens (including phenoxy) is 1. The lowest BCUT2D eigenvalue weighted by Crippen LogP contribution is -2.37. The number of likely N-dealkylation sites (tertiary alicyclic amines) is 1. The summed E-state index contributed by atoms with van der Waals surface area (Å²) >= 11 is 6.28. The summed E-state index contributed by atoms with van der Waals surface area (Å²) in [6.07, 6.45) is 2.12. The quantitative estimate of drug-likeness (QED) is 0.826. The van der Waals surface area contributed by atoms with Gasteiger partial charge in [0.1, 0.15) is 11.6 Å². The Morgan fingerprint density at radius 2 is 1.96 bits per heavy atom. The molecule has 6 heteroatoms. The lowest BCUT2D eigenvalue weighted by molar-refractivity contribution is 0.0934. The van der Waals surface area contributed by atoms with Crippen molar-refractivity contribution in [3.8, 4) is 5.75 Å². The fourth-order valence-electron chi connectivity index (χ4n) is 3.41. The van der Waals surface area contributed by atoms with Crippen LogP contribution in [0.25, 0.3) is 0 Å². The van der Waals surface area contributed by atoms with Crippen LogP contribution in [0.4, 0.5) is 4.39 Å². The van der Waals surface area contributed by atoms with Gasteiger partial charge in [-0.1, -0.05) is 29.8 Å². The minimum Gasteiger partial charge on any atom is -0.496 e. The third-order valence-electron chi connectivity index (χ3n) is 4.72. The number of nitrogens with one attached hydrogen (secondary N) is 1. The summed E-state index contributed by atoms with van der Waals surface area (Å²) < 4.78 is 19.7. The van der Waals surface area contributed by atoms with E-state index in [1.54, 1.807) is 30.3 Å². The summed E-state index contributed by atoms with van der Waals surface area (Å²) in [7, 11) is 1.53. The zero-order valence-electron chi connectivity index (χ0n) is 14.7. The number of hydrogen-bond acceptors (Lipinski definition) is 3. The number of carbonyl (C=O) groups excluding carboxylic acids is 1. The van der Waals surface area contributed by atoms with Gasteiger partial charge >= 0.3 is 0 Å². The van der Waals surface area contributed by atoms with E-state index in [1.807, 2.05) is 6.07 Å². The highest BCUT2D eigenvalue weighted by molar-refractivity contribution is 6.31. The maximum Gasteiger partial charge on any atom is 0.255 e. The van der Waals surface area contributed by atoms with Crippen molar-refractivity contribution in [2.45, 2.75) is 18.9 Å². The monoisotopic (exact) mass is 376 g/mol. The molecule has 1 unspecified atom stereocenters. The van der Waals surface area contributed by atoms with E-state index >= 15 is 0 Å². The Morgan fingerprint density at radius 1 is 1.23 bits per heavy atom. The van der Waals surface area contributed by atoms with Gasteiger partial charge in [-0.3, -0.25) is 9.69 Å². The van der Waals surface area contributed by atoms with Crippen LogP contribution in [0.5, 0.6) is 5.75 Å². The summed E-state index contributed by atoms with van der Waals surface area (Å²) in [4.78, 5) is 14.8. The van der Waals surface area contributed by atoms with Crippen LogP contribution in [0.2, 0.25) is 5.02 Å². The molecule has 1 heterocycles. The molecule has 0 bridgehead atoms. The third-order valence-corrected chi connectivity index (χ3v) is 5.05. The summed E-state index contributed by atoms with van der Waals surface area (Å²) in [6.45, 7) is 2.00. The lowest BCUT2D eigenvalue weighted by Gasteiger charge is -2.29. The van der Waals surface area contributed by atoms with Crippen LogP contribution in [0.3, 0.4) is 0 Å². The Morgan fingerprint density at radius 3 is 2.65 bits per heavy atom. The maximum atomic E-state index is 14.5. The summed E-state index contributed by atoms with van der Waals surface area (Å²) in [6, 6.07) is 11.4. The average molecular weight is 377 g/mol. The van der Waals surface area contributed by atoms with Gasteiger partial charge in [0.05, 0.1) is 18.7 Å². The first-order valence-corrected chi connectivity index (χ1v) is 9.08. The van der Waals surface area contributed by atoms with E-state index in [1.165, 1.54) is 13.2 Å². The fourth-order valence-corrected chi connectivity index (χ4v) is 3.70. The number of halogens is 2. The number of methoxy groups -OCH3 is 1. The highest BCUT2D eigenvalue weighted by Crippen LogP contribution is 2.32. The number of benzene rings is 2. The van der Waals surface area contributed by atoms with Gasteiger partial charge in [-0.25, -0.2) is 4.39 Å². The van der Waals surface area contributed by atoms with Crippen LogP contribution >= 0.6 is 11.6 Å².